The SMILES string of the molecule is O=C(Cc1cc(Cl)c2c(c1)OCCO2)N1CCN(c2ccc(F)cc2)CC1. The van der Waals surface area contributed by atoms with Crippen molar-refractivity contribution in [2.24, 2.45) is 0 Å². The van der Waals surface area contributed by atoms with Gasteiger partial charge in [0.15, 0.2) is 11.5 Å². The van der Waals surface area contributed by atoms with Crippen molar-refractivity contribution in [2.75, 3.05) is 44.3 Å². The first-order valence-electron chi connectivity index (χ1n) is 8.96. The van der Waals surface area contributed by atoms with Crippen LogP contribution in [0.5, 0.6) is 11.5 Å². The molecule has 0 atom stereocenters. The number of hydrogen-bond acceptors (Lipinski definition) is 4. The van der Waals surface area contributed by atoms with E-state index in [1.54, 1.807) is 18.2 Å². The third-order valence-electron chi connectivity index (χ3n) is 4.84. The predicted octanol–water partition coefficient (Wildman–Crippen LogP) is 3.14. The minimum absolute atomic E-state index is 0.0569. The van der Waals surface area contributed by atoms with E-state index < -0.39 is 0 Å². The molecule has 2 aliphatic rings. The first-order valence-corrected chi connectivity index (χ1v) is 9.34. The van der Waals surface area contributed by atoms with Crippen molar-refractivity contribution in [1.82, 2.24) is 4.90 Å². The summed E-state index contributed by atoms with van der Waals surface area (Å²) in [7, 11) is 0. The molecule has 0 unspecified atom stereocenters. The van der Waals surface area contributed by atoms with Gasteiger partial charge in [0.1, 0.15) is 19.0 Å². The van der Waals surface area contributed by atoms with E-state index in [4.69, 9.17) is 21.1 Å². The Kier molecular flexibility index (Phi) is 5.07. The summed E-state index contributed by atoms with van der Waals surface area (Å²) >= 11 is 6.25. The molecule has 0 aliphatic carbocycles. The van der Waals surface area contributed by atoms with Gasteiger partial charge >= 0.3 is 0 Å². The molecule has 0 saturated carbocycles. The van der Waals surface area contributed by atoms with Gasteiger partial charge in [-0.2, -0.15) is 0 Å². The molecule has 5 nitrogen and oxygen atoms in total. The van der Waals surface area contributed by atoms with E-state index in [1.807, 2.05) is 11.0 Å². The number of carbonyl (C=O) groups is 1. The lowest BCUT2D eigenvalue weighted by Crippen LogP contribution is -2.49. The Hall–Kier alpha value is -2.47. The third-order valence-corrected chi connectivity index (χ3v) is 5.12. The summed E-state index contributed by atoms with van der Waals surface area (Å²) in [5.41, 5.74) is 1.79. The first-order chi connectivity index (χ1) is 13.1. The number of hydrogen-bond donors (Lipinski definition) is 0. The van der Waals surface area contributed by atoms with Crippen LogP contribution in [0.2, 0.25) is 5.02 Å². The van der Waals surface area contributed by atoms with Gasteiger partial charge in [-0.1, -0.05) is 11.6 Å². The summed E-state index contributed by atoms with van der Waals surface area (Å²) in [6, 6.07) is 10.0. The zero-order chi connectivity index (χ0) is 18.8. The second-order valence-corrected chi connectivity index (χ2v) is 7.03. The number of anilines is 1. The summed E-state index contributed by atoms with van der Waals surface area (Å²) in [6.45, 7) is 3.66. The lowest BCUT2D eigenvalue weighted by molar-refractivity contribution is -0.130. The molecule has 0 radical (unpaired) electrons. The zero-order valence-corrected chi connectivity index (χ0v) is 15.5. The number of benzene rings is 2. The van der Waals surface area contributed by atoms with Gasteiger partial charge in [-0.3, -0.25) is 4.79 Å². The average Bonchev–Trinajstić information content (AvgIpc) is 2.69. The molecule has 0 aromatic heterocycles. The van der Waals surface area contributed by atoms with Gasteiger partial charge in [0.2, 0.25) is 5.91 Å². The number of halogens is 2. The molecule has 2 aliphatic heterocycles. The van der Waals surface area contributed by atoms with Crippen LogP contribution in [0.3, 0.4) is 0 Å². The first kappa shape index (κ1) is 17.9. The second-order valence-electron chi connectivity index (χ2n) is 6.62. The Bertz CT molecular complexity index is 836. The number of rotatable bonds is 3. The molecule has 27 heavy (non-hydrogen) atoms. The molecule has 1 saturated heterocycles. The van der Waals surface area contributed by atoms with E-state index in [2.05, 4.69) is 4.90 Å². The Labute approximate surface area is 162 Å². The van der Waals surface area contributed by atoms with Gasteiger partial charge in [0, 0.05) is 31.9 Å². The van der Waals surface area contributed by atoms with Crippen LogP contribution < -0.4 is 14.4 Å². The molecule has 0 spiro atoms. The van der Waals surface area contributed by atoms with Crippen LogP contribution in [0.1, 0.15) is 5.56 Å². The lowest BCUT2D eigenvalue weighted by Gasteiger charge is -2.36. The summed E-state index contributed by atoms with van der Waals surface area (Å²) < 4.78 is 24.2. The molecular weight excluding hydrogens is 371 g/mol. The predicted molar refractivity (Wildman–Crippen MR) is 101 cm³/mol. The molecule has 0 N–H and O–H groups in total. The van der Waals surface area contributed by atoms with Crippen molar-refractivity contribution in [2.45, 2.75) is 6.42 Å². The molecule has 7 heteroatoms. The Morgan fingerprint density at radius 1 is 1.04 bits per heavy atom. The Morgan fingerprint density at radius 3 is 2.48 bits per heavy atom. The van der Waals surface area contributed by atoms with Crippen molar-refractivity contribution < 1.29 is 18.7 Å². The fraction of sp³-hybridized carbons (Fsp3) is 0.350. The van der Waals surface area contributed by atoms with Crippen molar-refractivity contribution in [3.63, 3.8) is 0 Å². The maximum atomic E-state index is 13.1. The van der Waals surface area contributed by atoms with Gasteiger partial charge in [-0.25, -0.2) is 4.39 Å². The van der Waals surface area contributed by atoms with Gasteiger partial charge in [0.25, 0.3) is 0 Å². The molecule has 4 rings (SSSR count). The smallest absolute Gasteiger partial charge is 0.227 e. The fourth-order valence-corrected chi connectivity index (χ4v) is 3.71. The normalized spacial score (nSPS) is 16.4. The van der Waals surface area contributed by atoms with Crippen molar-refractivity contribution in [1.29, 1.82) is 0 Å². The topological polar surface area (TPSA) is 42.0 Å². The minimum atomic E-state index is -0.245. The van der Waals surface area contributed by atoms with Crippen LogP contribution in [0, 0.1) is 5.82 Å². The summed E-state index contributed by atoms with van der Waals surface area (Å²) in [5, 5.41) is 0.469. The molecule has 2 aromatic carbocycles. The van der Waals surface area contributed by atoms with Gasteiger partial charge < -0.3 is 19.3 Å². The number of fused-ring (bicyclic) bond motifs is 1. The number of carbonyl (C=O) groups excluding carboxylic acids is 1. The maximum absolute atomic E-state index is 13.1. The third kappa shape index (κ3) is 3.95. The number of nitrogens with zero attached hydrogens (tertiary/aromatic N) is 2. The van der Waals surface area contributed by atoms with Crippen molar-refractivity contribution in [3.05, 3.63) is 52.8 Å². The van der Waals surface area contributed by atoms with Crippen LogP contribution in [-0.4, -0.2) is 50.2 Å². The van der Waals surface area contributed by atoms with E-state index in [1.165, 1.54) is 12.1 Å². The number of amides is 1. The van der Waals surface area contributed by atoms with E-state index in [9.17, 15) is 9.18 Å². The summed E-state index contributed by atoms with van der Waals surface area (Å²) in [4.78, 5) is 16.7. The lowest BCUT2D eigenvalue weighted by atomic mass is 10.1. The van der Waals surface area contributed by atoms with E-state index >= 15 is 0 Å². The van der Waals surface area contributed by atoms with Gasteiger partial charge in [-0.15, -0.1) is 0 Å². The molecule has 2 heterocycles. The summed E-state index contributed by atoms with van der Waals surface area (Å²) in [6.07, 6.45) is 0.271. The number of ether oxygens (including phenoxy) is 2. The largest absolute Gasteiger partial charge is 0.486 e. The molecule has 1 amide bonds. The van der Waals surface area contributed by atoms with Crippen LogP contribution in [0.15, 0.2) is 36.4 Å². The molecular formula is C20H20ClFN2O3. The van der Waals surface area contributed by atoms with E-state index in [0.29, 0.717) is 42.8 Å². The Morgan fingerprint density at radius 2 is 1.74 bits per heavy atom. The maximum Gasteiger partial charge on any atom is 0.227 e. The van der Waals surface area contributed by atoms with Crippen molar-refractivity contribution in [3.8, 4) is 11.5 Å². The number of piperazine rings is 1. The standard InChI is InChI=1S/C20H20ClFN2O3/c21-17-11-14(12-18-20(17)27-10-9-26-18)13-19(25)24-7-5-23(6-8-24)16-3-1-15(22)2-4-16/h1-4,11-12H,5-10,13H2. The van der Waals surface area contributed by atoms with E-state index in [0.717, 1.165) is 24.3 Å². The second kappa shape index (κ2) is 7.64. The fourth-order valence-electron chi connectivity index (χ4n) is 3.42. The highest BCUT2D eigenvalue weighted by atomic mass is 35.5. The quantitative estimate of drug-likeness (QED) is 0.807. The Balaban J connectivity index is 1.37. The average molecular weight is 391 g/mol. The molecule has 1 fully saturated rings. The highest BCUT2D eigenvalue weighted by Gasteiger charge is 2.23. The molecule has 142 valence electrons. The zero-order valence-electron chi connectivity index (χ0n) is 14.8. The monoisotopic (exact) mass is 390 g/mol. The van der Waals surface area contributed by atoms with Crippen LogP contribution in [0.4, 0.5) is 10.1 Å². The minimum Gasteiger partial charge on any atom is -0.486 e. The van der Waals surface area contributed by atoms with E-state index in [-0.39, 0.29) is 18.1 Å². The highest BCUT2D eigenvalue weighted by Crippen LogP contribution is 2.38. The van der Waals surface area contributed by atoms with Crippen LogP contribution in [0.25, 0.3) is 0 Å². The summed E-state index contributed by atoms with van der Waals surface area (Å²) in [5.74, 6) is 0.955. The molecule has 2 aromatic rings. The van der Waals surface area contributed by atoms with Crippen LogP contribution in [-0.2, 0) is 11.2 Å². The van der Waals surface area contributed by atoms with Gasteiger partial charge in [-0.05, 0) is 42.0 Å². The van der Waals surface area contributed by atoms with Crippen LogP contribution >= 0.6 is 11.6 Å². The van der Waals surface area contributed by atoms with Crippen molar-refractivity contribution >= 4 is 23.2 Å². The molecule has 0 bridgehead atoms. The highest BCUT2D eigenvalue weighted by molar-refractivity contribution is 6.32. The van der Waals surface area contributed by atoms with Gasteiger partial charge in [0.05, 0.1) is 11.4 Å².